The number of hydrogen-bond acceptors (Lipinski definition) is 4. The summed E-state index contributed by atoms with van der Waals surface area (Å²) in [6.45, 7) is 7.26. The van der Waals surface area contributed by atoms with Gasteiger partial charge in [0.15, 0.2) is 0 Å². The quantitative estimate of drug-likeness (QED) is 0.713. The molecular formula is C19H26N2O2S. The molecule has 0 aliphatic carbocycles. The Balaban J connectivity index is 1.79. The average Bonchev–Trinajstić information content (AvgIpc) is 3.14. The molecule has 24 heavy (non-hydrogen) atoms. The summed E-state index contributed by atoms with van der Waals surface area (Å²) in [5.41, 5.74) is 0. The lowest BCUT2D eigenvalue weighted by Crippen LogP contribution is -2.38. The summed E-state index contributed by atoms with van der Waals surface area (Å²) in [6.07, 6.45) is 0.365. The van der Waals surface area contributed by atoms with Crippen LogP contribution in [0.3, 0.4) is 0 Å². The van der Waals surface area contributed by atoms with Crippen LogP contribution in [0.25, 0.3) is 0 Å². The van der Waals surface area contributed by atoms with Crippen molar-refractivity contribution < 1.29 is 9.53 Å². The highest BCUT2D eigenvalue weighted by molar-refractivity contribution is 7.10. The van der Waals surface area contributed by atoms with E-state index in [-0.39, 0.29) is 11.9 Å². The normalized spacial score (nSPS) is 12.1. The minimum absolute atomic E-state index is 0.0274. The predicted molar refractivity (Wildman–Crippen MR) is 99.5 cm³/mol. The fraction of sp³-hybridized carbons (Fsp3) is 0.421. The minimum Gasteiger partial charge on any atom is -0.493 e. The first-order valence-corrected chi connectivity index (χ1v) is 9.34. The smallest absolute Gasteiger partial charge is 0.223 e. The number of likely N-dealkylation sites (N-methyl/N-ethyl adjacent to an activating group) is 1. The first kappa shape index (κ1) is 18.5. The number of carbonyl (C=O) groups excluding carboxylic acids is 1. The summed E-state index contributed by atoms with van der Waals surface area (Å²) < 4.78 is 5.58. The molecule has 0 spiro atoms. The molecule has 4 nitrogen and oxygen atoms in total. The van der Waals surface area contributed by atoms with Crippen LogP contribution in [-0.4, -0.2) is 37.0 Å². The largest absolute Gasteiger partial charge is 0.493 e. The number of rotatable bonds is 10. The van der Waals surface area contributed by atoms with Crippen LogP contribution in [0.4, 0.5) is 0 Å². The molecule has 1 amide bonds. The highest BCUT2D eigenvalue weighted by Crippen LogP contribution is 2.24. The molecule has 1 unspecified atom stereocenters. The van der Waals surface area contributed by atoms with Crippen molar-refractivity contribution in [2.75, 3.05) is 26.2 Å². The van der Waals surface area contributed by atoms with E-state index in [9.17, 15) is 4.79 Å². The molecular weight excluding hydrogens is 320 g/mol. The Bertz CT molecular complexity index is 583. The van der Waals surface area contributed by atoms with Gasteiger partial charge in [-0.3, -0.25) is 9.69 Å². The highest BCUT2D eigenvalue weighted by Gasteiger charge is 2.19. The van der Waals surface area contributed by atoms with E-state index in [1.165, 1.54) is 4.88 Å². The van der Waals surface area contributed by atoms with Crippen LogP contribution >= 0.6 is 11.3 Å². The van der Waals surface area contributed by atoms with Gasteiger partial charge in [0.25, 0.3) is 0 Å². The maximum absolute atomic E-state index is 12.1. The van der Waals surface area contributed by atoms with Crippen molar-refractivity contribution in [1.82, 2.24) is 10.2 Å². The van der Waals surface area contributed by atoms with Crippen molar-refractivity contribution in [3.63, 3.8) is 0 Å². The molecule has 0 aliphatic heterocycles. The van der Waals surface area contributed by atoms with E-state index < -0.39 is 0 Å². The number of para-hydroxylation sites is 1. The summed E-state index contributed by atoms with van der Waals surface area (Å²) in [6, 6.07) is 14.0. The molecule has 1 aromatic heterocycles. The Morgan fingerprint density at radius 2 is 1.92 bits per heavy atom. The molecule has 0 radical (unpaired) electrons. The third-order valence-corrected chi connectivity index (χ3v) is 4.93. The number of nitrogens with zero attached hydrogens (tertiary/aromatic N) is 1. The molecule has 1 N–H and O–H groups in total. The Kier molecular flexibility index (Phi) is 7.79. The molecule has 2 rings (SSSR count). The lowest BCUT2D eigenvalue weighted by atomic mass is 10.2. The van der Waals surface area contributed by atoms with Gasteiger partial charge in [0, 0.05) is 11.4 Å². The zero-order valence-electron chi connectivity index (χ0n) is 14.4. The van der Waals surface area contributed by atoms with Gasteiger partial charge in [-0.2, -0.15) is 0 Å². The third-order valence-electron chi connectivity index (χ3n) is 3.96. The first-order chi connectivity index (χ1) is 11.7. The van der Waals surface area contributed by atoms with Crippen molar-refractivity contribution in [2.45, 2.75) is 26.3 Å². The number of nitrogens with one attached hydrogen (secondary N) is 1. The number of carbonyl (C=O) groups is 1. The van der Waals surface area contributed by atoms with Crippen molar-refractivity contribution in [2.24, 2.45) is 0 Å². The lowest BCUT2D eigenvalue weighted by molar-refractivity contribution is -0.121. The molecule has 0 saturated heterocycles. The second-order valence-electron chi connectivity index (χ2n) is 5.47. The Morgan fingerprint density at radius 1 is 1.17 bits per heavy atom. The van der Waals surface area contributed by atoms with Gasteiger partial charge in [-0.15, -0.1) is 11.3 Å². The molecule has 1 heterocycles. The van der Waals surface area contributed by atoms with Crippen molar-refractivity contribution in [3.8, 4) is 5.75 Å². The number of thiophene rings is 1. The van der Waals surface area contributed by atoms with Crippen molar-refractivity contribution >= 4 is 17.2 Å². The number of ether oxygens (including phenoxy) is 1. The topological polar surface area (TPSA) is 41.6 Å². The van der Waals surface area contributed by atoms with Crippen LogP contribution < -0.4 is 10.1 Å². The molecule has 0 bridgehead atoms. The highest BCUT2D eigenvalue weighted by atomic mass is 32.1. The maximum Gasteiger partial charge on any atom is 0.223 e. The van der Waals surface area contributed by atoms with E-state index >= 15 is 0 Å². The van der Waals surface area contributed by atoms with Gasteiger partial charge in [0.1, 0.15) is 5.75 Å². The molecule has 130 valence electrons. The second kappa shape index (κ2) is 10.1. The molecule has 1 atom stereocenters. The van der Waals surface area contributed by atoms with E-state index in [0.717, 1.165) is 18.8 Å². The van der Waals surface area contributed by atoms with Crippen LogP contribution in [0.2, 0.25) is 0 Å². The van der Waals surface area contributed by atoms with Crippen LogP contribution in [0.1, 0.15) is 31.2 Å². The van der Waals surface area contributed by atoms with Crippen LogP contribution in [0.15, 0.2) is 47.8 Å². The SMILES string of the molecule is CCN(CC)C(CNC(=O)CCOc1ccccc1)c1cccs1. The summed E-state index contributed by atoms with van der Waals surface area (Å²) in [5, 5.41) is 5.14. The third kappa shape index (κ3) is 5.65. The van der Waals surface area contributed by atoms with Gasteiger partial charge < -0.3 is 10.1 Å². The fourth-order valence-electron chi connectivity index (χ4n) is 2.63. The Labute approximate surface area is 148 Å². The summed E-state index contributed by atoms with van der Waals surface area (Å²) in [4.78, 5) is 15.8. The predicted octanol–water partition coefficient (Wildman–Crippen LogP) is 3.72. The number of benzene rings is 1. The summed E-state index contributed by atoms with van der Waals surface area (Å²) in [5.74, 6) is 0.824. The van der Waals surface area contributed by atoms with Crippen molar-refractivity contribution in [1.29, 1.82) is 0 Å². The monoisotopic (exact) mass is 346 g/mol. The molecule has 1 aromatic carbocycles. The molecule has 0 aliphatic rings. The van der Waals surface area contributed by atoms with E-state index in [1.807, 2.05) is 30.3 Å². The zero-order chi connectivity index (χ0) is 17.2. The number of amides is 1. The van der Waals surface area contributed by atoms with E-state index in [1.54, 1.807) is 11.3 Å². The standard InChI is InChI=1S/C19H26N2O2S/c1-3-21(4-2)17(18-11-8-14-24-18)15-20-19(22)12-13-23-16-9-6-5-7-10-16/h5-11,14,17H,3-4,12-13,15H2,1-2H3,(H,20,22). The van der Waals surface area contributed by atoms with Gasteiger partial charge in [0.05, 0.1) is 19.1 Å². The lowest BCUT2D eigenvalue weighted by Gasteiger charge is -2.29. The molecule has 5 heteroatoms. The van der Waals surface area contributed by atoms with Crippen LogP contribution in [0.5, 0.6) is 5.75 Å². The molecule has 2 aromatic rings. The number of hydrogen-bond donors (Lipinski definition) is 1. The van der Waals surface area contributed by atoms with E-state index in [4.69, 9.17) is 4.74 Å². The van der Waals surface area contributed by atoms with Crippen LogP contribution in [0, 0.1) is 0 Å². The van der Waals surface area contributed by atoms with Crippen molar-refractivity contribution in [3.05, 3.63) is 52.7 Å². The summed E-state index contributed by atoms with van der Waals surface area (Å²) in [7, 11) is 0. The van der Waals surface area contributed by atoms with Gasteiger partial charge >= 0.3 is 0 Å². The maximum atomic E-state index is 12.1. The van der Waals surface area contributed by atoms with Gasteiger partial charge in [-0.25, -0.2) is 0 Å². The van der Waals surface area contributed by atoms with Gasteiger partial charge in [0.2, 0.25) is 5.91 Å². The van der Waals surface area contributed by atoms with E-state index in [2.05, 4.69) is 41.6 Å². The van der Waals surface area contributed by atoms with Crippen LogP contribution in [-0.2, 0) is 4.79 Å². The Hall–Kier alpha value is -1.85. The molecule has 0 saturated carbocycles. The zero-order valence-corrected chi connectivity index (χ0v) is 15.2. The summed E-state index contributed by atoms with van der Waals surface area (Å²) >= 11 is 1.74. The second-order valence-corrected chi connectivity index (χ2v) is 6.45. The average molecular weight is 346 g/mol. The fourth-order valence-corrected chi connectivity index (χ4v) is 3.49. The van der Waals surface area contributed by atoms with E-state index in [0.29, 0.717) is 19.6 Å². The van der Waals surface area contributed by atoms with Gasteiger partial charge in [-0.1, -0.05) is 38.1 Å². The first-order valence-electron chi connectivity index (χ1n) is 8.46. The van der Waals surface area contributed by atoms with Gasteiger partial charge in [-0.05, 0) is 36.7 Å². The minimum atomic E-state index is 0.0274. The Morgan fingerprint density at radius 3 is 2.54 bits per heavy atom. The molecule has 0 fully saturated rings.